The lowest BCUT2D eigenvalue weighted by Crippen LogP contribution is -2.47. The van der Waals surface area contributed by atoms with Gasteiger partial charge in [-0.1, -0.05) is 24.6 Å². The number of halogens is 1. The summed E-state index contributed by atoms with van der Waals surface area (Å²) in [6.45, 7) is 1.58. The Hall–Kier alpha value is -1.51. The number of hydrogen-bond acceptors (Lipinski definition) is 3. The van der Waals surface area contributed by atoms with E-state index in [1.807, 2.05) is 26.2 Å². The Morgan fingerprint density at radius 1 is 1.25 bits per heavy atom. The van der Waals surface area contributed by atoms with Gasteiger partial charge in [-0.2, -0.15) is 0 Å². The Morgan fingerprint density at radius 3 is 2.79 bits per heavy atom. The summed E-state index contributed by atoms with van der Waals surface area (Å²) in [7, 11) is 5.48. The van der Waals surface area contributed by atoms with E-state index in [0.717, 1.165) is 57.0 Å². The van der Waals surface area contributed by atoms with Gasteiger partial charge in [-0.25, -0.2) is 0 Å². The molecule has 28 heavy (non-hydrogen) atoms. The van der Waals surface area contributed by atoms with Crippen LogP contribution >= 0.6 is 24.0 Å². The molecule has 7 heteroatoms. The molecule has 1 amide bonds. The number of hydrogen-bond donors (Lipinski definition) is 2. The first kappa shape index (κ1) is 22.8. The number of para-hydroxylation sites is 1. The number of rotatable bonds is 4. The molecule has 0 aromatic heterocycles. The van der Waals surface area contributed by atoms with E-state index in [-0.39, 0.29) is 35.8 Å². The van der Waals surface area contributed by atoms with Crippen LogP contribution in [0.5, 0.6) is 5.75 Å². The molecule has 1 aliphatic carbocycles. The molecule has 1 aromatic carbocycles. The average Bonchev–Trinajstić information content (AvgIpc) is 2.70. The number of guanidine groups is 1. The van der Waals surface area contributed by atoms with Gasteiger partial charge in [0, 0.05) is 45.6 Å². The number of nitrogens with one attached hydrogen (secondary N) is 2. The molecule has 1 aromatic rings. The molecule has 0 saturated heterocycles. The van der Waals surface area contributed by atoms with Crippen LogP contribution in [0.2, 0.25) is 0 Å². The van der Waals surface area contributed by atoms with E-state index in [0.29, 0.717) is 12.0 Å². The van der Waals surface area contributed by atoms with Gasteiger partial charge < -0.3 is 20.3 Å². The fourth-order valence-electron chi connectivity index (χ4n) is 4.15. The standard InChI is InChI=1S/C21H32N4O2.HI/c1-22-21(24-17-8-6-7-15(13-17)20(26)25(2)3)23-14-16-11-12-27-19-10-5-4-9-18(16)19;/h4-5,9-10,15-17H,6-8,11-14H2,1-3H3,(H2,22,23,24);1H. The van der Waals surface area contributed by atoms with Crippen LogP contribution in [0.15, 0.2) is 29.3 Å². The molecule has 3 rings (SSSR count). The molecule has 0 spiro atoms. The lowest BCUT2D eigenvalue weighted by atomic mass is 9.85. The van der Waals surface area contributed by atoms with Crippen molar-refractivity contribution in [2.24, 2.45) is 10.9 Å². The van der Waals surface area contributed by atoms with Crippen molar-refractivity contribution in [2.45, 2.75) is 44.1 Å². The van der Waals surface area contributed by atoms with Gasteiger partial charge in [-0.3, -0.25) is 9.79 Å². The Morgan fingerprint density at radius 2 is 2.04 bits per heavy atom. The number of ether oxygens (including phenoxy) is 1. The highest BCUT2D eigenvalue weighted by Crippen LogP contribution is 2.32. The average molecular weight is 500 g/mol. The fourth-order valence-corrected chi connectivity index (χ4v) is 4.15. The first-order valence-electron chi connectivity index (χ1n) is 9.98. The van der Waals surface area contributed by atoms with E-state index >= 15 is 0 Å². The quantitative estimate of drug-likeness (QED) is 0.379. The molecule has 6 nitrogen and oxygen atoms in total. The predicted molar refractivity (Wildman–Crippen MR) is 124 cm³/mol. The molecule has 1 aliphatic heterocycles. The summed E-state index contributed by atoms with van der Waals surface area (Å²) >= 11 is 0. The summed E-state index contributed by atoms with van der Waals surface area (Å²) in [6.07, 6.45) is 5.02. The largest absolute Gasteiger partial charge is 0.493 e. The van der Waals surface area contributed by atoms with Crippen LogP contribution in [0.4, 0.5) is 0 Å². The van der Waals surface area contributed by atoms with Crippen molar-refractivity contribution >= 4 is 35.8 Å². The third-order valence-electron chi connectivity index (χ3n) is 5.63. The van der Waals surface area contributed by atoms with Crippen molar-refractivity contribution in [1.82, 2.24) is 15.5 Å². The van der Waals surface area contributed by atoms with Gasteiger partial charge >= 0.3 is 0 Å². The first-order valence-corrected chi connectivity index (χ1v) is 9.98. The maximum Gasteiger partial charge on any atom is 0.225 e. The number of aliphatic imine (C=N–C) groups is 1. The SMILES string of the molecule is CN=C(NCC1CCOc2ccccc21)NC1CCCC(C(=O)N(C)C)C1.I. The number of carbonyl (C=O) groups excluding carboxylic acids is 1. The van der Waals surface area contributed by atoms with E-state index in [1.165, 1.54) is 5.56 Å². The smallest absolute Gasteiger partial charge is 0.225 e. The molecule has 3 unspecified atom stereocenters. The minimum absolute atomic E-state index is 0. The second-order valence-electron chi connectivity index (χ2n) is 7.76. The van der Waals surface area contributed by atoms with Gasteiger partial charge in [0.2, 0.25) is 5.91 Å². The molecule has 1 fully saturated rings. The number of fused-ring (bicyclic) bond motifs is 1. The number of nitrogens with zero attached hydrogens (tertiary/aromatic N) is 2. The number of carbonyl (C=O) groups is 1. The molecular weight excluding hydrogens is 467 g/mol. The summed E-state index contributed by atoms with van der Waals surface area (Å²) in [5.74, 6) is 2.59. The molecule has 2 N–H and O–H groups in total. The van der Waals surface area contributed by atoms with Crippen LogP contribution < -0.4 is 15.4 Å². The molecule has 0 bridgehead atoms. The monoisotopic (exact) mass is 500 g/mol. The van der Waals surface area contributed by atoms with Crippen LogP contribution in [0.3, 0.4) is 0 Å². The third-order valence-corrected chi connectivity index (χ3v) is 5.63. The molecule has 156 valence electrons. The minimum atomic E-state index is 0. The van der Waals surface area contributed by atoms with Gasteiger partial charge in [0.1, 0.15) is 5.75 Å². The maximum absolute atomic E-state index is 12.3. The van der Waals surface area contributed by atoms with Crippen LogP contribution in [-0.4, -0.2) is 57.1 Å². The van der Waals surface area contributed by atoms with Crippen LogP contribution in [0.25, 0.3) is 0 Å². The Labute approximate surface area is 185 Å². The van der Waals surface area contributed by atoms with Gasteiger partial charge in [0.15, 0.2) is 5.96 Å². The molecule has 2 aliphatic rings. The number of benzene rings is 1. The molecule has 1 heterocycles. The van der Waals surface area contributed by atoms with Crippen LogP contribution in [0, 0.1) is 5.92 Å². The van der Waals surface area contributed by atoms with Crippen molar-refractivity contribution < 1.29 is 9.53 Å². The lowest BCUT2D eigenvalue weighted by molar-refractivity contribution is -0.134. The van der Waals surface area contributed by atoms with Gasteiger partial charge in [0.25, 0.3) is 0 Å². The summed E-state index contributed by atoms with van der Waals surface area (Å²) in [6, 6.07) is 8.57. The molecule has 0 radical (unpaired) electrons. The zero-order valence-corrected chi connectivity index (χ0v) is 19.4. The molecule has 3 atom stereocenters. The fraction of sp³-hybridized carbons (Fsp3) is 0.619. The molecule has 1 saturated carbocycles. The Bertz CT molecular complexity index is 680. The van der Waals surface area contributed by atoms with Gasteiger partial charge in [-0.15, -0.1) is 24.0 Å². The minimum Gasteiger partial charge on any atom is -0.493 e. The Kier molecular flexibility index (Phi) is 8.85. The first-order chi connectivity index (χ1) is 13.1. The highest BCUT2D eigenvalue weighted by Gasteiger charge is 2.29. The van der Waals surface area contributed by atoms with E-state index in [1.54, 1.807) is 11.9 Å². The molecular formula is C21H33IN4O2. The second kappa shape index (κ2) is 10.9. The van der Waals surface area contributed by atoms with Gasteiger partial charge in [-0.05, 0) is 37.3 Å². The summed E-state index contributed by atoms with van der Waals surface area (Å²) in [5, 5.41) is 7.01. The van der Waals surface area contributed by atoms with Crippen LogP contribution in [0.1, 0.15) is 43.6 Å². The topological polar surface area (TPSA) is 66.0 Å². The van der Waals surface area contributed by atoms with Crippen molar-refractivity contribution in [3.05, 3.63) is 29.8 Å². The maximum atomic E-state index is 12.3. The Balaban J connectivity index is 0.00000280. The van der Waals surface area contributed by atoms with E-state index in [4.69, 9.17) is 4.74 Å². The van der Waals surface area contributed by atoms with Gasteiger partial charge in [0.05, 0.1) is 6.61 Å². The summed E-state index contributed by atoms with van der Waals surface area (Å²) in [4.78, 5) is 18.4. The normalized spacial score (nSPS) is 24.2. The van der Waals surface area contributed by atoms with E-state index < -0.39 is 0 Å². The van der Waals surface area contributed by atoms with Crippen molar-refractivity contribution in [1.29, 1.82) is 0 Å². The van der Waals surface area contributed by atoms with Crippen molar-refractivity contribution in [3.63, 3.8) is 0 Å². The second-order valence-corrected chi connectivity index (χ2v) is 7.76. The predicted octanol–water partition coefficient (Wildman–Crippen LogP) is 2.98. The van der Waals surface area contributed by atoms with E-state index in [9.17, 15) is 4.79 Å². The number of amides is 1. The summed E-state index contributed by atoms with van der Waals surface area (Å²) < 4.78 is 5.75. The third kappa shape index (κ3) is 5.75. The van der Waals surface area contributed by atoms with E-state index in [2.05, 4.69) is 27.8 Å². The van der Waals surface area contributed by atoms with Crippen molar-refractivity contribution in [3.8, 4) is 5.75 Å². The highest BCUT2D eigenvalue weighted by atomic mass is 127. The van der Waals surface area contributed by atoms with Crippen LogP contribution in [-0.2, 0) is 4.79 Å². The highest BCUT2D eigenvalue weighted by molar-refractivity contribution is 14.0. The zero-order valence-electron chi connectivity index (χ0n) is 17.1. The summed E-state index contributed by atoms with van der Waals surface area (Å²) in [5.41, 5.74) is 1.26. The lowest BCUT2D eigenvalue weighted by Gasteiger charge is -2.32. The van der Waals surface area contributed by atoms with Crippen molar-refractivity contribution in [2.75, 3.05) is 34.3 Å². The zero-order chi connectivity index (χ0) is 19.2.